The van der Waals surface area contributed by atoms with Gasteiger partial charge in [-0.15, -0.1) is 0 Å². The second-order valence-electron chi connectivity index (χ2n) is 23.7. The van der Waals surface area contributed by atoms with Crippen LogP contribution in [-0.2, 0) is 38.7 Å². The second-order valence-corrected chi connectivity index (χ2v) is 23.7. The van der Waals surface area contributed by atoms with Crippen LogP contribution >= 0.6 is 0 Å². The van der Waals surface area contributed by atoms with Crippen LogP contribution in [0.5, 0.6) is 0 Å². The predicted molar refractivity (Wildman–Crippen MR) is 286 cm³/mol. The summed E-state index contributed by atoms with van der Waals surface area (Å²) < 4.78 is 0. The normalized spacial score (nSPS) is 12.8. The van der Waals surface area contributed by atoms with Gasteiger partial charge in [-0.25, -0.2) is 9.97 Å². The summed E-state index contributed by atoms with van der Waals surface area (Å²) in [6.07, 6.45) is 0. The van der Waals surface area contributed by atoms with E-state index < -0.39 is 0 Å². The molecule has 8 bridgehead atoms. The maximum atomic E-state index is 5.52. The van der Waals surface area contributed by atoms with Crippen molar-refractivity contribution in [1.82, 2.24) is 39.9 Å². The van der Waals surface area contributed by atoms with Crippen LogP contribution in [-0.4, -0.2) is 86.3 Å². The van der Waals surface area contributed by atoms with Gasteiger partial charge in [-0.3, -0.25) is 0 Å². The third-order valence-corrected chi connectivity index (χ3v) is 13.4. The summed E-state index contributed by atoms with van der Waals surface area (Å²) >= 11 is 0. The number of rotatable bonds is 4. The molecule has 0 N–H and O–H groups in total. The summed E-state index contributed by atoms with van der Waals surface area (Å²) in [5, 5.41) is 3.56. The van der Waals surface area contributed by atoms with Gasteiger partial charge in [-0.05, 0) is 103 Å². The average Bonchev–Trinajstić information content (AvgIpc) is 3.96. The standard InChI is InChI=1S/C56H68N12.Cu/c1-53(2,3)29-21-33-41(37(25-29)65(13)14)49-57-45(33)61-50-42-34(22-30(54(4,5)6)26-38(42)66(15)16)47(58-50)63-52-44-36(24-32(56(10,11)12)28-40(44)68(19)20)48(60-52)64-51-43-35(46(59-51)62-49)23-31(55(7,8)9)27-39(43)67(17)18;/h21-28H,1-20H3;/q-2;+2. The molecule has 3 aromatic heterocycles. The van der Waals surface area contributed by atoms with Crippen LogP contribution in [0.25, 0.3) is 89.7 Å². The Morgan fingerprint density at radius 3 is 0.899 bits per heavy atom. The fourth-order valence-corrected chi connectivity index (χ4v) is 9.23. The summed E-state index contributed by atoms with van der Waals surface area (Å²) in [6.45, 7) is 26.9. The maximum Gasteiger partial charge on any atom is 2.00 e. The first-order chi connectivity index (χ1) is 31.5. The molecule has 1 radical (unpaired) electrons. The molecule has 69 heavy (non-hydrogen) atoms. The molecule has 0 unspecified atom stereocenters. The first-order valence-corrected chi connectivity index (χ1v) is 23.7. The number of nitrogens with zero attached hydrogens (tertiary/aromatic N) is 12. The minimum Gasteiger partial charge on any atom is -0.377 e. The Balaban J connectivity index is 0.00000642. The van der Waals surface area contributed by atoms with Gasteiger partial charge in [-0.2, -0.15) is 0 Å². The summed E-state index contributed by atoms with van der Waals surface area (Å²) in [5.41, 5.74) is 13.6. The zero-order valence-electron chi connectivity index (χ0n) is 44.3. The van der Waals surface area contributed by atoms with Gasteiger partial charge in [0.1, 0.15) is 0 Å². The van der Waals surface area contributed by atoms with E-state index in [1.165, 1.54) is 0 Å². The van der Waals surface area contributed by atoms with Crippen molar-refractivity contribution >= 4 is 66.9 Å². The molecule has 4 aromatic carbocycles. The molecule has 5 heterocycles. The van der Waals surface area contributed by atoms with Crippen molar-refractivity contribution in [2.45, 2.75) is 105 Å². The molecule has 2 aliphatic rings. The smallest absolute Gasteiger partial charge is 0.377 e. The van der Waals surface area contributed by atoms with Crippen molar-refractivity contribution in [1.29, 1.82) is 0 Å². The van der Waals surface area contributed by atoms with E-state index in [4.69, 9.17) is 39.9 Å². The minimum absolute atomic E-state index is 0. The summed E-state index contributed by atoms with van der Waals surface area (Å²) in [7, 11) is 16.6. The molecule has 13 heteroatoms. The van der Waals surface area contributed by atoms with Gasteiger partial charge in [0.05, 0.1) is 23.3 Å². The monoisotopic (exact) mass is 971 g/mol. The fraction of sp³-hybridized carbons (Fsp3) is 0.429. The number of fused-ring (bicyclic) bond motifs is 20. The van der Waals surface area contributed by atoms with Gasteiger partial charge in [0.2, 0.25) is 0 Å². The predicted octanol–water partition coefficient (Wildman–Crippen LogP) is 11.6. The van der Waals surface area contributed by atoms with E-state index in [2.05, 4.69) is 208 Å². The van der Waals surface area contributed by atoms with Crippen LogP contribution in [0.4, 0.5) is 22.7 Å². The Hall–Kier alpha value is -6.04. The molecule has 2 aliphatic heterocycles. The molecular weight excluding hydrogens is 904 g/mol. The largest absolute Gasteiger partial charge is 2.00 e. The van der Waals surface area contributed by atoms with Gasteiger partial charge >= 0.3 is 17.1 Å². The second kappa shape index (κ2) is 16.5. The maximum absolute atomic E-state index is 5.52. The van der Waals surface area contributed by atoms with Crippen LogP contribution in [0, 0.1) is 0 Å². The Kier molecular flexibility index (Phi) is 11.8. The van der Waals surface area contributed by atoms with E-state index in [9.17, 15) is 0 Å². The quantitative estimate of drug-likeness (QED) is 0.156. The number of anilines is 4. The number of hydrogen-bond donors (Lipinski definition) is 0. The molecule has 0 atom stereocenters. The number of aromatic nitrogens is 8. The summed E-state index contributed by atoms with van der Waals surface area (Å²) in [6, 6.07) is 18.0. The topological polar surface area (TPSA) is 118 Å². The van der Waals surface area contributed by atoms with Crippen molar-refractivity contribution in [3.05, 3.63) is 70.8 Å². The van der Waals surface area contributed by atoms with Crippen molar-refractivity contribution < 1.29 is 17.1 Å². The zero-order chi connectivity index (χ0) is 49.5. The van der Waals surface area contributed by atoms with Crippen LogP contribution in [0.2, 0.25) is 0 Å². The van der Waals surface area contributed by atoms with Crippen LogP contribution in [0.1, 0.15) is 105 Å². The average molecular weight is 973 g/mol. The first-order valence-electron chi connectivity index (χ1n) is 23.7. The van der Waals surface area contributed by atoms with E-state index in [0.717, 1.165) is 88.8 Å². The van der Waals surface area contributed by atoms with Gasteiger partial charge < -0.3 is 49.5 Å². The van der Waals surface area contributed by atoms with E-state index >= 15 is 0 Å². The Morgan fingerprint density at radius 2 is 0.609 bits per heavy atom. The SMILES string of the molecule is CN(C)c1cc(C(C)(C)C)cc2c1-c1nc-2nc2[n-]c(nc3nc(nc4[n-]c(n1)c1cc(C(C)(C)C)cc(N(C)C)c41)-c1cc(C(C)(C)C)cc(N(C)C)c1-3)c1cc(C(C)(C)C)cc(N(C)C)c21.[Cu+2]. The molecule has 0 fully saturated rings. The van der Waals surface area contributed by atoms with Gasteiger partial charge in [0.25, 0.3) is 0 Å². The van der Waals surface area contributed by atoms with Crippen molar-refractivity contribution in [3.63, 3.8) is 0 Å². The number of benzene rings is 4. The molecule has 7 aromatic rings. The van der Waals surface area contributed by atoms with E-state index in [1.54, 1.807) is 0 Å². The molecule has 363 valence electrons. The van der Waals surface area contributed by atoms with Crippen molar-refractivity contribution in [2.75, 3.05) is 76.0 Å². The molecule has 0 amide bonds. The minimum atomic E-state index is -0.169. The van der Waals surface area contributed by atoms with Crippen LogP contribution < -0.4 is 29.6 Å². The van der Waals surface area contributed by atoms with Gasteiger partial charge in [0.15, 0.2) is 0 Å². The van der Waals surface area contributed by atoms with Gasteiger partial charge in [0, 0.05) is 135 Å². The number of hydrogen-bond acceptors (Lipinski definition) is 10. The van der Waals surface area contributed by atoms with Crippen LogP contribution in [0.3, 0.4) is 0 Å². The van der Waals surface area contributed by atoms with E-state index in [0.29, 0.717) is 45.9 Å². The Bertz CT molecular complexity index is 3170. The molecular formula is C56H68CuN12. The first kappa shape index (κ1) is 49.4. The van der Waals surface area contributed by atoms with Gasteiger partial charge in [-0.1, -0.05) is 83.1 Å². The molecule has 0 aliphatic carbocycles. The zero-order valence-corrected chi connectivity index (χ0v) is 45.2. The fourth-order valence-electron chi connectivity index (χ4n) is 9.23. The molecule has 0 saturated heterocycles. The third kappa shape index (κ3) is 8.49. The Labute approximate surface area is 418 Å². The summed E-state index contributed by atoms with van der Waals surface area (Å²) in [4.78, 5) is 52.3. The molecule has 12 nitrogen and oxygen atoms in total. The Morgan fingerprint density at radius 1 is 0.333 bits per heavy atom. The molecule has 9 rings (SSSR count). The molecule has 0 spiro atoms. The summed E-state index contributed by atoms with van der Waals surface area (Å²) in [5.74, 6) is 2.12. The van der Waals surface area contributed by atoms with E-state index in [1.807, 2.05) is 0 Å². The van der Waals surface area contributed by atoms with Crippen LogP contribution in [0.15, 0.2) is 48.5 Å². The van der Waals surface area contributed by atoms with Crippen molar-refractivity contribution in [3.8, 4) is 45.6 Å². The molecule has 0 saturated carbocycles. The van der Waals surface area contributed by atoms with Crippen molar-refractivity contribution in [2.24, 2.45) is 0 Å². The third-order valence-electron chi connectivity index (χ3n) is 13.4. The van der Waals surface area contributed by atoms with E-state index in [-0.39, 0.29) is 38.7 Å².